The molecule has 5 nitrogen and oxygen atoms in total. The van der Waals surface area contributed by atoms with E-state index in [4.69, 9.17) is 4.74 Å². The molecular weight excluding hydrogens is 268 g/mol. The van der Waals surface area contributed by atoms with Gasteiger partial charge in [-0.25, -0.2) is 4.79 Å². The molecule has 0 radical (unpaired) electrons. The van der Waals surface area contributed by atoms with E-state index in [0.29, 0.717) is 12.3 Å². The number of aromatic hydroxyl groups is 1. The van der Waals surface area contributed by atoms with Crippen molar-refractivity contribution in [3.63, 3.8) is 0 Å². The van der Waals surface area contributed by atoms with E-state index in [1.807, 2.05) is 39.0 Å². The minimum atomic E-state index is -0.491. The van der Waals surface area contributed by atoms with Gasteiger partial charge in [0.25, 0.3) is 0 Å². The highest BCUT2D eigenvalue weighted by Crippen LogP contribution is 2.33. The van der Waals surface area contributed by atoms with Crippen molar-refractivity contribution in [1.29, 1.82) is 0 Å². The van der Waals surface area contributed by atoms with Gasteiger partial charge in [0.05, 0.1) is 0 Å². The first-order chi connectivity index (χ1) is 9.87. The summed E-state index contributed by atoms with van der Waals surface area (Å²) in [6.45, 7) is 6.93. The van der Waals surface area contributed by atoms with Crippen molar-refractivity contribution < 1.29 is 14.6 Å². The zero-order chi connectivity index (χ0) is 15.5. The minimum absolute atomic E-state index is 0.0566. The van der Waals surface area contributed by atoms with Gasteiger partial charge in [-0.3, -0.25) is 0 Å². The van der Waals surface area contributed by atoms with Crippen LogP contribution >= 0.6 is 0 Å². The van der Waals surface area contributed by atoms with Gasteiger partial charge in [-0.2, -0.15) is 0 Å². The van der Waals surface area contributed by atoms with Crippen LogP contribution in [0, 0.1) is 5.92 Å². The summed E-state index contributed by atoms with van der Waals surface area (Å²) < 4.78 is 5.24. The molecule has 21 heavy (non-hydrogen) atoms. The lowest BCUT2D eigenvalue weighted by atomic mass is 9.93. The Kier molecular flexibility index (Phi) is 4.73. The van der Waals surface area contributed by atoms with Gasteiger partial charge in [0, 0.05) is 18.2 Å². The number of nitrogens with one attached hydrogen (secondary N) is 2. The van der Waals surface area contributed by atoms with E-state index < -0.39 is 11.7 Å². The minimum Gasteiger partial charge on any atom is -0.508 e. The first-order valence-corrected chi connectivity index (χ1v) is 7.35. The molecule has 1 amide bonds. The lowest BCUT2D eigenvalue weighted by Crippen LogP contribution is -2.36. The highest BCUT2D eigenvalue weighted by atomic mass is 16.6. The summed E-state index contributed by atoms with van der Waals surface area (Å²) in [6.07, 6.45) is 0.555. The van der Waals surface area contributed by atoms with E-state index in [1.54, 1.807) is 6.07 Å². The maximum absolute atomic E-state index is 11.7. The smallest absolute Gasteiger partial charge is 0.407 e. The van der Waals surface area contributed by atoms with Crippen LogP contribution in [0.3, 0.4) is 0 Å². The number of rotatable bonds is 3. The molecule has 1 aromatic carbocycles. The maximum atomic E-state index is 11.7. The lowest BCUT2D eigenvalue weighted by molar-refractivity contribution is 0.0518. The van der Waals surface area contributed by atoms with E-state index in [1.165, 1.54) is 0 Å². The molecule has 2 unspecified atom stereocenters. The first kappa shape index (κ1) is 15.6. The van der Waals surface area contributed by atoms with Crippen LogP contribution in [0.2, 0.25) is 0 Å². The zero-order valence-electron chi connectivity index (χ0n) is 12.8. The van der Waals surface area contributed by atoms with Crippen molar-refractivity contribution in [3.8, 4) is 5.75 Å². The van der Waals surface area contributed by atoms with Crippen LogP contribution in [0.15, 0.2) is 24.3 Å². The third kappa shape index (κ3) is 4.36. The first-order valence-electron chi connectivity index (χ1n) is 7.35. The van der Waals surface area contributed by atoms with Crippen LogP contribution in [-0.4, -0.2) is 29.9 Å². The second kappa shape index (κ2) is 6.35. The molecule has 3 N–H and O–H groups in total. The molecule has 0 aliphatic carbocycles. The molecular formula is C16H24N2O3. The van der Waals surface area contributed by atoms with E-state index in [-0.39, 0.29) is 12.0 Å². The van der Waals surface area contributed by atoms with E-state index in [0.717, 1.165) is 18.5 Å². The summed E-state index contributed by atoms with van der Waals surface area (Å²) >= 11 is 0. The molecule has 0 aromatic heterocycles. The third-order valence-electron chi connectivity index (χ3n) is 3.53. The summed E-state index contributed by atoms with van der Waals surface area (Å²) in [5, 5.41) is 16.2. The van der Waals surface area contributed by atoms with E-state index in [2.05, 4.69) is 10.6 Å². The number of amides is 1. The number of phenols is 1. The Morgan fingerprint density at radius 2 is 2.14 bits per heavy atom. The Bertz CT molecular complexity index is 497. The Labute approximate surface area is 125 Å². The van der Waals surface area contributed by atoms with E-state index in [9.17, 15) is 9.90 Å². The highest BCUT2D eigenvalue weighted by Gasteiger charge is 2.30. The molecule has 1 aromatic rings. The number of alkyl carbamates (subject to hydrolysis) is 1. The van der Waals surface area contributed by atoms with Gasteiger partial charge in [-0.15, -0.1) is 0 Å². The number of carbonyl (C=O) groups excluding carboxylic acids is 1. The molecule has 0 bridgehead atoms. The fourth-order valence-corrected chi connectivity index (χ4v) is 2.62. The number of hydrogen-bond donors (Lipinski definition) is 3. The van der Waals surface area contributed by atoms with Crippen LogP contribution in [0.1, 0.15) is 38.8 Å². The average molecular weight is 292 g/mol. The molecule has 116 valence electrons. The van der Waals surface area contributed by atoms with Crippen LogP contribution in [0.4, 0.5) is 4.79 Å². The molecule has 5 heteroatoms. The molecule has 1 aliphatic heterocycles. The predicted octanol–water partition coefficient (Wildman–Crippen LogP) is 2.57. The predicted molar refractivity (Wildman–Crippen MR) is 81.2 cm³/mol. The van der Waals surface area contributed by atoms with Crippen molar-refractivity contribution in [2.24, 2.45) is 5.92 Å². The van der Waals surface area contributed by atoms with Gasteiger partial charge in [0.15, 0.2) is 0 Å². The topological polar surface area (TPSA) is 70.6 Å². The molecule has 0 spiro atoms. The van der Waals surface area contributed by atoms with Crippen molar-refractivity contribution >= 4 is 6.09 Å². The number of carbonyl (C=O) groups is 1. The molecule has 2 rings (SSSR count). The fraction of sp³-hybridized carbons (Fsp3) is 0.562. The number of phenolic OH excluding ortho intramolecular Hbond substituents is 1. The van der Waals surface area contributed by atoms with Crippen molar-refractivity contribution in [3.05, 3.63) is 29.8 Å². The second-order valence-corrected chi connectivity index (χ2v) is 6.42. The van der Waals surface area contributed by atoms with Crippen LogP contribution in [0.25, 0.3) is 0 Å². The number of benzene rings is 1. The molecule has 1 saturated heterocycles. The quantitative estimate of drug-likeness (QED) is 0.801. The normalized spacial score (nSPS) is 22.0. The van der Waals surface area contributed by atoms with Gasteiger partial charge in [-0.1, -0.05) is 18.2 Å². The van der Waals surface area contributed by atoms with E-state index >= 15 is 0 Å². The highest BCUT2D eigenvalue weighted by molar-refractivity contribution is 5.67. The summed E-state index contributed by atoms with van der Waals surface area (Å²) in [5.74, 6) is 0.532. The number of hydrogen-bond acceptors (Lipinski definition) is 4. The van der Waals surface area contributed by atoms with Crippen molar-refractivity contribution in [1.82, 2.24) is 10.6 Å². The van der Waals surface area contributed by atoms with Crippen molar-refractivity contribution in [2.75, 3.05) is 13.1 Å². The molecule has 2 atom stereocenters. The molecule has 1 aliphatic rings. The summed E-state index contributed by atoms with van der Waals surface area (Å²) in [5.41, 5.74) is 0.390. The van der Waals surface area contributed by atoms with Crippen LogP contribution in [0.5, 0.6) is 5.75 Å². The Hall–Kier alpha value is -1.75. The van der Waals surface area contributed by atoms with Gasteiger partial charge < -0.3 is 20.5 Å². The Balaban J connectivity index is 1.94. The van der Waals surface area contributed by atoms with Crippen molar-refractivity contribution in [2.45, 2.75) is 38.8 Å². The van der Waals surface area contributed by atoms with Gasteiger partial charge in [0.1, 0.15) is 11.4 Å². The monoisotopic (exact) mass is 292 g/mol. The number of ether oxygens (including phenoxy) is 1. The molecule has 1 heterocycles. The third-order valence-corrected chi connectivity index (χ3v) is 3.53. The summed E-state index contributed by atoms with van der Waals surface area (Å²) in [4.78, 5) is 11.7. The standard InChI is InChI=1S/C16H24N2O3/c1-16(2,3)21-15(20)18-10-11-8-9-17-14(11)12-6-4-5-7-13(12)19/h4-7,11,14,17,19H,8-10H2,1-3H3,(H,18,20). The largest absolute Gasteiger partial charge is 0.508 e. The average Bonchev–Trinajstić information content (AvgIpc) is 2.83. The fourth-order valence-electron chi connectivity index (χ4n) is 2.62. The maximum Gasteiger partial charge on any atom is 0.407 e. The summed E-state index contributed by atoms with van der Waals surface area (Å²) in [7, 11) is 0. The lowest BCUT2D eigenvalue weighted by Gasteiger charge is -2.23. The Morgan fingerprint density at radius 1 is 1.43 bits per heavy atom. The number of para-hydroxylation sites is 1. The van der Waals surface area contributed by atoms with Crippen LogP contribution in [-0.2, 0) is 4.74 Å². The van der Waals surface area contributed by atoms with Gasteiger partial charge >= 0.3 is 6.09 Å². The SMILES string of the molecule is CC(C)(C)OC(=O)NCC1CCNC1c1ccccc1O. The second-order valence-electron chi connectivity index (χ2n) is 6.42. The molecule has 1 fully saturated rings. The summed E-state index contributed by atoms with van der Waals surface area (Å²) in [6, 6.07) is 7.38. The molecule has 0 saturated carbocycles. The van der Waals surface area contributed by atoms with Gasteiger partial charge in [0.2, 0.25) is 0 Å². The zero-order valence-corrected chi connectivity index (χ0v) is 12.8. The van der Waals surface area contributed by atoms with Crippen LogP contribution < -0.4 is 10.6 Å². The Morgan fingerprint density at radius 3 is 2.81 bits per heavy atom. The van der Waals surface area contributed by atoms with Gasteiger partial charge in [-0.05, 0) is 45.7 Å².